The van der Waals surface area contributed by atoms with Crippen molar-refractivity contribution in [1.82, 2.24) is 4.90 Å². The van der Waals surface area contributed by atoms with E-state index in [-0.39, 0.29) is 23.8 Å². The molecule has 3 rings (SSSR count). The SMILES string of the molecule is O=C(Nc1ccccc1F)C1=CN2CCS(=O)(=O)N=C2C=C1. The largest absolute Gasteiger partial charge is 0.330 e. The molecule has 0 atom stereocenters. The lowest BCUT2D eigenvalue weighted by Gasteiger charge is -2.26. The first-order chi connectivity index (χ1) is 10.4. The van der Waals surface area contributed by atoms with Crippen molar-refractivity contribution in [3.63, 3.8) is 0 Å². The minimum Gasteiger partial charge on any atom is -0.330 e. The Morgan fingerprint density at radius 2 is 2.05 bits per heavy atom. The quantitative estimate of drug-likeness (QED) is 0.889. The van der Waals surface area contributed by atoms with Gasteiger partial charge in [0.2, 0.25) is 0 Å². The molecule has 1 aromatic rings. The van der Waals surface area contributed by atoms with Gasteiger partial charge in [0.25, 0.3) is 15.9 Å². The highest BCUT2D eigenvalue weighted by molar-refractivity contribution is 7.90. The molecule has 6 nitrogen and oxygen atoms in total. The molecular weight excluding hydrogens is 309 g/mol. The minimum atomic E-state index is -3.43. The van der Waals surface area contributed by atoms with Gasteiger partial charge in [-0.15, -0.1) is 4.40 Å². The van der Waals surface area contributed by atoms with Crippen LogP contribution in [0, 0.1) is 5.82 Å². The average Bonchev–Trinajstić information content (AvgIpc) is 2.48. The van der Waals surface area contributed by atoms with Crippen molar-refractivity contribution >= 4 is 27.5 Å². The third kappa shape index (κ3) is 2.91. The summed E-state index contributed by atoms with van der Waals surface area (Å²) in [5.41, 5.74) is 0.379. The van der Waals surface area contributed by atoms with Crippen LogP contribution in [0.3, 0.4) is 0 Å². The molecule has 22 heavy (non-hydrogen) atoms. The summed E-state index contributed by atoms with van der Waals surface area (Å²) >= 11 is 0. The Labute approximate surface area is 126 Å². The van der Waals surface area contributed by atoms with Gasteiger partial charge < -0.3 is 10.2 Å². The number of sulfonamides is 1. The molecule has 0 radical (unpaired) electrons. The Morgan fingerprint density at radius 1 is 1.27 bits per heavy atom. The van der Waals surface area contributed by atoms with Crippen LogP contribution in [0.2, 0.25) is 0 Å². The number of fused-ring (bicyclic) bond motifs is 1. The van der Waals surface area contributed by atoms with Gasteiger partial charge in [0.05, 0.1) is 17.0 Å². The third-order valence-electron chi connectivity index (χ3n) is 3.21. The van der Waals surface area contributed by atoms with Crippen LogP contribution in [-0.2, 0) is 14.8 Å². The lowest BCUT2D eigenvalue weighted by atomic mass is 10.1. The van der Waals surface area contributed by atoms with E-state index in [1.165, 1.54) is 36.6 Å². The molecule has 0 aliphatic carbocycles. The van der Waals surface area contributed by atoms with E-state index >= 15 is 0 Å². The summed E-state index contributed by atoms with van der Waals surface area (Å²) in [5.74, 6) is -0.839. The molecule has 2 heterocycles. The van der Waals surface area contributed by atoms with Gasteiger partial charge in [-0.1, -0.05) is 12.1 Å². The van der Waals surface area contributed by atoms with Crippen LogP contribution in [-0.4, -0.2) is 37.4 Å². The van der Waals surface area contributed by atoms with E-state index < -0.39 is 21.7 Å². The van der Waals surface area contributed by atoms with E-state index in [1.54, 1.807) is 11.0 Å². The van der Waals surface area contributed by atoms with Crippen LogP contribution in [0.5, 0.6) is 0 Å². The predicted octanol–water partition coefficient (Wildman–Crippen LogP) is 1.26. The molecule has 0 fully saturated rings. The number of hydrogen-bond donors (Lipinski definition) is 1. The maximum atomic E-state index is 13.5. The number of anilines is 1. The number of benzene rings is 1. The zero-order valence-corrected chi connectivity index (χ0v) is 12.2. The van der Waals surface area contributed by atoms with Gasteiger partial charge in [0.1, 0.15) is 11.7 Å². The number of nitrogens with one attached hydrogen (secondary N) is 1. The first-order valence-corrected chi connectivity index (χ1v) is 8.11. The highest BCUT2D eigenvalue weighted by Crippen LogP contribution is 2.18. The fourth-order valence-corrected chi connectivity index (χ4v) is 3.06. The second-order valence-electron chi connectivity index (χ2n) is 4.78. The van der Waals surface area contributed by atoms with E-state index in [0.717, 1.165) is 0 Å². The summed E-state index contributed by atoms with van der Waals surface area (Å²) in [4.78, 5) is 13.7. The summed E-state index contributed by atoms with van der Waals surface area (Å²) in [6.45, 7) is 0.224. The Balaban J connectivity index is 1.80. The van der Waals surface area contributed by atoms with Crippen molar-refractivity contribution in [1.29, 1.82) is 0 Å². The molecule has 1 amide bonds. The summed E-state index contributed by atoms with van der Waals surface area (Å²) < 4.78 is 40.0. The smallest absolute Gasteiger partial charge is 0.257 e. The molecule has 0 bridgehead atoms. The number of nitrogens with zero attached hydrogens (tertiary/aromatic N) is 2. The Morgan fingerprint density at radius 3 is 2.82 bits per heavy atom. The minimum absolute atomic E-state index is 0.0856. The zero-order chi connectivity index (χ0) is 15.7. The fourth-order valence-electron chi connectivity index (χ4n) is 2.09. The molecule has 0 unspecified atom stereocenters. The number of halogens is 1. The monoisotopic (exact) mass is 321 g/mol. The average molecular weight is 321 g/mol. The van der Waals surface area contributed by atoms with Crippen LogP contribution in [0.15, 0.2) is 52.6 Å². The van der Waals surface area contributed by atoms with Crippen LogP contribution in [0.4, 0.5) is 10.1 Å². The van der Waals surface area contributed by atoms with E-state index in [1.807, 2.05) is 0 Å². The van der Waals surface area contributed by atoms with Crippen molar-refractivity contribution in [3.05, 3.63) is 54.0 Å². The molecule has 0 aromatic heterocycles. The first-order valence-electron chi connectivity index (χ1n) is 6.50. The van der Waals surface area contributed by atoms with Crippen LogP contribution in [0.25, 0.3) is 0 Å². The highest BCUT2D eigenvalue weighted by Gasteiger charge is 2.25. The van der Waals surface area contributed by atoms with Crippen molar-refractivity contribution in [2.45, 2.75) is 0 Å². The number of hydrogen-bond acceptors (Lipinski definition) is 4. The number of amidine groups is 1. The summed E-state index contributed by atoms with van der Waals surface area (Å²) in [6, 6.07) is 5.85. The highest BCUT2D eigenvalue weighted by atomic mass is 32.2. The van der Waals surface area contributed by atoms with Crippen LogP contribution < -0.4 is 5.32 Å². The number of carbonyl (C=O) groups excluding carboxylic acids is 1. The van der Waals surface area contributed by atoms with Gasteiger partial charge in [0, 0.05) is 12.7 Å². The van der Waals surface area contributed by atoms with E-state index in [0.29, 0.717) is 5.57 Å². The molecule has 8 heteroatoms. The molecule has 0 saturated heterocycles. The van der Waals surface area contributed by atoms with E-state index in [9.17, 15) is 17.6 Å². The number of rotatable bonds is 2. The van der Waals surface area contributed by atoms with Gasteiger partial charge in [-0.3, -0.25) is 4.79 Å². The first kappa shape index (κ1) is 14.5. The molecule has 0 spiro atoms. The standard InChI is InChI=1S/C14H12FN3O3S/c15-11-3-1-2-4-12(11)16-14(19)10-5-6-13-17-22(20,21)8-7-18(13)9-10/h1-6,9H,7-8H2,(H,16,19). The van der Waals surface area contributed by atoms with Gasteiger partial charge >= 0.3 is 0 Å². The maximum Gasteiger partial charge on any atom is 0.257 e. The number of para-hydroxylation sites is 1. The number of amides is 1. The third-order valence-corrected chi connectivity index (χ3v) is 4.37. The second kappa shape index (κ2) is 5.38. The molecule has 0 saturated carbocycles. The van der Waals surface area contributed by atoms with Crippen molar-refractivity contribution in [2.24, 2.45) is 4.40 Å². The Bertz CT molecular complexity index is 827. The summed E-state index contributed by atoms with van der Waals surface area (Å²) in [5, 5.41) is 2.47. The molecule has 1 aromatic carbocycles. The lowest BCUT2D eigenvalue weighted by molar-refractivity contribution is -0.112. The van der Waals surface area contributed by atoms with E-state index in [4.69, 9.17) is 0 Å². The molecule has 114 valence electrons. The van der Waals surface area contributed by atoms with Gasteiger partial charge in [-0.25, -0.2) is 12.8 Å². The van der Waals surface area contributed by atoms with Gasteiger partial charge in [0.15, 0.2) is 0 Å². The van der Waals surface area contributed by atoms with Crippen LogP contribution in [0.1, 0.15) is 0 Å². The Hall–Kier alpha value is -2.48. The van der Waals surface area contributed by atoms with Gasteiger partial charge in [-0.2, -0.15) is 0 Å². The van der Waals surface area contributed by atoms with Crippen molar-refractivity contribution in [2.75, 3.05) is 17.6 Å². The van der Waals surface area contributed by atoms with Crippen molar-refractivity contribution < 1.29 is 17.6 Å². The lowest BCUT2D eigenvalue weighted by Crippen LogP contribution is -2.37. The van der Waals surface area contributed by atoms with Crippen LogP contribution >= 0.6 is 0 Å². The fraction of sp³-hybridized carbons (Fsp3) is 0.143. The molecule has 2 aliphatic rings. The molecule has 2 aliphatic heterocycles. The zero-order valence-electron chi connectivity index (χ0n) is 11.4. The second-order valence-corrected chi connectivity index (χ2v) is 6.54. The maximum absolute atomic E-state index is 13.5. The summed E-state index contributed by atoms with van der Waals surface area (Å²) in [7, 11) is -3.43. The normalized spacial score (nSPS) is 19.0. The van der Waals surface area contributed by atoms with Gasteiger partial charge in [-0.05, 0) is 24.3 Å². The summed E-state index contributed by atoms with van der Waals surface area (Å²) in [6.07, 6.45) is 4.41. The molecular formula is C14H12FN3O3S. The predicted molar refractivity (Wildman–Crippen MR) is 80.2 cm³/mol. The molecule has 1 N–H and O–H groups in total. The number of carbonyl (C=O) groups is 1. The van der Waals surface area contributed by atoms with Crippen molar-refractivity contribution in [3.8, 4) is 0 Å². The van der Waals surface area contributed by atoms with E-state index in [2.05, 4.69) is 9.71 Å². The Kier molecular flexibility index (Phi) is 3.53. The topological polar surface area (TPSA) is 78.8 Å².